The smallest absolute Gasteiger partial charge is 0.317 e. The summed E-state index contributed by atoms with van der Waals surface area (Å²) < 4.78 is 0. The van der Waals surface area contributed by atoms with Crippen LogP contribution >= 0.6 is 0 Å². The summed E-state index contributed by atoms with van der Waals surface area (Å²) in [6.45, 7) is 4.35. The molecule has 4 nitrogen and oxygen atoms in total. The van der Waals surface area contributed by atoms with Gasteiger partial charge in [0, 0.05) is 18.6 Å². The molecule has 1 saturated carbocycles. The first-order chi connectivity index (χ1) is 6.65. The number of rotatable bonds is 4. The number of hydrogen-bond acceptors (Lipinski definition) is 2. The van der Waals surface area contributed by atoms with E-state index in [4.69, 9.17) is 5.11 Å². The Hall–Kier alpha value is -0.770. The van der Waals surface area contributed by atoms with Gasteiger partial charge in [-0.15, -0.1) is 0 Å². The molecule has 0 aromatic heterocycles. The maximum atomic E-state index is 11.7. The van der Waals surface area contributed by atoms with Crippen molar-refractivity contribution in [3.05, 3.63) is 0 Å². The van der Waals surface area contributed by atoms with Gasteiger partial charge in [0.2, 0.25) is 0 Å². The Labute approximate surface area is 85.3 Å². The third kappa shape index (κ3) is 2.87. The third-order valence-electron chi connectivity index (χ3n) is 2.66. The van der Waals surface area contributed by atoms with Gasteiger partial charge >= 0.3 is 6.03 Å². The Bertz CT molecular complexity index is 191. The molecule has 1 aliphatic carbocycles. The van der Waals surface area contributed by atoms with Crippen LogP contribution in [0.2, 0.25) is 0 Å². The second-order valence-corrected chi connectivity index (χ2v) is 4.09. The maximum Gasteiger partial charge on any atom is 0.317 e. The van der Waals surface area contributed by atoms with E-state index in [1.54, 1.807) is 4.90 Å². The van der Waals surface area contributed by atoms with Crippen LogP contribution in [0.4, 0.5) is 4.79 Å². The van der Waals surface area contributed by atoms with E-state index in [9.17, 15) is 4.79 Å². The second kappa shape index (κ2) is 5.20. The van der Waals surface area contributed by atoms with Gasteiger partial charge < -0.3 is 15.3 Å². The van der Waals surface area contributed by atoms with Crippen LogP contribution in [0, 0.1) is 0 Å². The molecule has 0 aromatic rings. The molecule has 0 atom stereocenters. The lowest BCUT2D eigenvalue weighted by atomic mass is 9.93. The Balaban J connectivity index is 2.36. The summed E-state index contributed by atoms with van der Waals surface area (Å²) in [6, 6.07) is 0.461. The minimum Gasteiger partial charge on any atom is -0.395 e. The van der Waals surface area contributed by atoms with Crippen molar-refractivity contribution in [1.82, 2.24) is 10.2 Å². The molecule has 4 heteroatoms. The van der Waals surface area contributed by atoms with Crippen LogP contribution in [-0.4, -0.2) is 41.3 Å². The molecule has 0 saturated heterocycles. The van der Waals surface area contributed by atoms with Gasteiger partial charge in [-0.1, -0.05) is 0 Å². The number of amides is 2. The van der Waals surface area contributed by atoms with E-state index in [1.165, 1.54) is 6.42 Å². The highest BCUT2D eigenvalue weighted by atomic mass is 16.3. The number of carbonyl (C=O) groups is 1. The normalized spacial score (nSPS) is 16.6. The van der Waals surface area contributed by atoms with Crippen molar-refractivity contribution in [2.45, 2.75) is 45.2 Å². The molecule has 82 valence electrons. The zero-order chi connectivity index (χ0) is 10.6. The molecule has 14 heavy (non-hydrogen) atoms. The van der Waals surface area contributed by atoms with Crippen LogP contribution in [0.5, 0.6) is 0 Å². The van der Waals surface area contributed by atoms with Crippen LogP contribution in [0.3, 0.4) is 0 Å². The standard InChI is InChI=1S/C10H20N2O2/c1-8(2)12(6-7-13)10(14)11-9-4-3-5-9/h8-9,13H,3-7H2,1-2H3,(H,11,14). The van der Waals surface area contributed by atoms with Crippen LogP contribution in [0.1, 0.15) is 33.1 Å². The van der Waals surface area contributed by atoms with E-state index < -0.39 is 0 Å². The Kier molecular flexibility index (Phi) is 4.20. The molecule has 1 aliphatic rings. The number of nitrogens with zero attached hydrogens (tertiary/aromatic N) is 1. The zero-order valence-corrected chi connectivity index (χ0v) is 8.99. The van der Waals surface area contributed by atoms with Gasteiger partial charge in [-0.25, -0.2) is 4.79 Å². The van der Waals surface area contributed by atoms with Crippen molar-refractivity contribution in [2.75, 3.05) is 13.2 Å². The number of aliphatic hydroxyl groups excluding tert-OH is 1. The van der Waals surface area contributed by atoms with Gasteiger partial charge in [-0.3, -0.25) is 0 Å². The number of urea groups is 1. The highest BCUT2D eigenvalue weighted by molar-refractivity contribution is 5.74. The van der Waals surface area contributed by atoms with E-state index in [-0.39, 0.29) is 18.7 Å². The molecular formula is C10H20N2O2. The van der Waals surface area contributed by atoms with Gasteiger partial charge in [-0.2, -0.15) is 0 Å². The Morgan fingerprint density at radius 2 is 2.21 bits per heavy atom. The summed E-state index contributed by atoms with van der Waals surface area (Å²) >= 11 is 0. The van der Waals surface area contributed by atoms with Gasteiger partial charge in [-0.05, 0) is 33.1 Å². The first kappa shape index (κ1) is 11.3. The number of aliphatic hydroxyl groups is 1. The average Bonchev–Trinajstić information content (AvgIpc) is 2.06. The maximum absolute atomic E-state index is 11.7. The van der Waals surface area contributed by atoms with Crippen molar-refractivity contribution in [2.24, 2.45) is 0 Å². The molecule has 1 rings (SSSR count). The first-order valence-corrected chi connectivity index (χ1v) is 5.33. The summed E-state index contributed by atoms with van der Waals surface area (Å²) in [5, 5.41) is 11.8. The van der Waals surface area contributed by atoms with Crippen molar-refractivity contribution in [1.29, 1.82) is 0 Å². The second-order valence-electron chi connectivity index (χ2n) is 4.09. The predicted molar refractivity (Wildman–Crippen MR) is 55.1 cm³/mol. The number of nitrogens with one attached hydrogen (secondary N) is 1. The molecule has 0 heterocycles. The molecular weight excluding hydrogens is 180 g/mol. The van der Waals surface area contributed by atoms with Gasteiger partial charge in [0.25, 0.3) is 0 Å². The van der Waals surface area contributed by atoms with Crippen molar-refractivity contribution < 1.29 is 9.90 Å². The number of hydrogen-bond donors (Lipinski definition) is 2. The fraction of sp³-hybridized carbons (Fsp3) is 0.900. The SMILES string of the molecule is CC(C)N(CCO)C(=O)NC1CCC1. The van der Waals surface area contributed by atoms with Gasteiger partial charge in [0.05, 0.1) is 6.61 Å². The Morgan fingerprint density at radius 1 is 1.57 bits per heavy atom. The first-order valence-electron chi connectivity index (χ1n) is 5.33. The lowest BCUT2D eigenvalue weighted by Gasteiger charge is -2.32. The molecule has 0 aliphatic heterocycles. The quantitative estimate of drug-likeness (QED) is 0.710. The van der Waals surface area contributed by atoms with Gasteiger partial charge in [0.15, 0.2) is 0 Å². The molecule has 0 radical (unpaired) electrons. The highest BCUT2D eigenvalue weighted by Gasteiger charge is 2.23. The summed E-state index contributed by atoms with van der Waals surface area (Å²) in [4.78, 5) is 13.3. The van der Waals surface area contributed by atoms with E-state index >= 15 is 0 Å². The minimum atomic E-state index is -0.0428. The summed E-state index contributed by atoms with van der Waals surface area (Å²) in [6.07, 6.45) is 3.40. The minimum absolute atomic E-state index is 0.0241. The average molecular weight is 200 g/mol. The molecule has 0 unspecified atom stereocenters. The largest absolute Gasteiger partial charge is 0.395 e. The third-order valence-corrected chi connectivity index (χ3v) is 2.66. The van der Waals surface area contributed by atoms with Crippen LogP contribution < -0.4 is 5.32 Å². The predicted octanol–water partition coefficient (Wildman–Crippen LogP) is 0.951. The van der Waals surface area contributed by atoms with Crippen LogP contribution in [0.25, 0.3) is 0 Å². The van der Waals surface area contributed by atoms with Crippen molar-refractivity contribution >= 4 is 6.03 Å². The fourth-order valence-corrected chi connectivity index (χ4v) is 1.51. The summed E-state index contributed by atoms with van der Waals surface area (Å²) in [5.74, 6) is 0. The fourth-order valence-electron chi connectivity index (χ4n) is 1.51. The van der Waals surface area contributed by atoms with E-state index in [2.05, 4.69) is 5.32 Å². The molecule has 2 N–H and O–H groups in total. The Morgan fingerprint density at radius 3 is 2.57 bits per heavy atom. The number of carbonyl (C=O) groups excluding carboxylic acids is 1. The zero-order valence-electron chi connectivity index (χ0n) is 8.99. The highest BCUT2D eigenvalue weighted by Crippen LogP contribution is 2.18. The van der Waals surface area contributed by atoms with Gasteiger partial charge in [0.1, 0.15) is 0 Å². The van der Waals surface area contributed by atoms with E-state index in [1.807, 2.05) is 13.8 Å². The molecule has 0 bridgehead atoms. The topological polar surface area (TPSA) is 52.6 Å². The molecule has 1 fully saturated rings. The van der Waals surface area contributed by atoms with E-state index in [0.717, 1.165) is 12.8 Å². The lowest BCUT2D eigenvalue weighted by molar-refractivity contribution is 0.153. The lowest BCUT2D eigenvalue weighted by Crippen LogP contribution is -2.50. The van der Waals surface area contributed by atoms with Crippen molar-refractivity contribution in [3.8, 4) is 0 Å². The summed E-state index contributed by atoms with van der Waals surface area (Å²) in [7, 11) is 0. The van der Waals surface area contributed by atoms with Crippen LogP contribution in [-0.2, 0) is 0 Å². The van der Waals surface area contributed by atoms with E-state index in [0.29, 0.717) is 12.6 Å². The van der Waals surface area contributed by atoms with Crippen molar-refractivity contribution in [3.63, 3.8) is 0 Å². The summed E-state index contributed by atoms with van der Waals surface area (Å²) in [5.41, 5.74) is 0. The molecule has 0 aromatic carbocycles. The molecule has 0 spiro atoms. The van der Waals surface area contributed by atoms with Crippen LogP contribution in [0.15, 0.2) is 0 Å². The monoisotopic (exact) mass is 200 g/mol. The molecule has 2 amide bonds.